The third kappa shape index (κ3) is 3.64. The zero-order chi connectivity index (χ0) is 24.1. The van der Waals surface area contributed by atoms with Gasteiger partial charge >= 0.3 is 5.97 Å². The van der Waals surface area contributed by atoms with Gasteiger partial charge in [-0.1, -0.05) is 0 Å². The molecule has 1 fully saturated rings. The molecule has 4 N–H and O–H groups in total. The van der Waals surface area contributed by atoms with Gasteiger partial charge in [0, 0.05) is 46.6 Å². The van der Waals surface area contributed by atoms with Gasteiger partial charge in [0.1, 0.15) is 24.2 Å². The van der Waals surface area contributed by atoms with Crippen molar-refractivity contribution in [1.29, 1.82) is 0 Å². The van der Waals surface area contributed by atoms with Crippen molar-refractivity contribution in [2.75, 3.05) is 22.5 Å². The Hall–Kier alpha value is -4.11. The number of carbonyl (C=O) groups is 2. The molecule has 9 heteroatoms. The van der Waals surface area contributed by atoms with Crippen LogP contribution in [0.15, 0.2) is 53.4 Å². The van der Waals surface area contributed by atoms with Gasteiger partial charge in [-0.2, -0.15) is 11.3 Å². The van der Waals surface area contributed by atoms with Crippen LogP contribution in [0.1, 0.15) is 28.8 Å². The maximum Gasteiger partial charge on any atom is 0.326 e. The number of nitrogen functional groups attached to an aromatic ring is 1. The number of thiophene rings is 1. The summed E-state index contributed by atoms with van der Waals surface area (Å²) in [4.78, 5) is 31.5. The van der Waals surface area contributed by atoms with E-state index in [9.17, 15) is 14.7 Å². The maximum atomic E-state index is 13.6. The van der Waals surface area contributed by atoms with Crippen LogP contribution in [0.4, 0.5) is 17.2 Å². The minimum atomic E-state index is -0.895. The first-order valence-corrected chi connectivity index (χ1v) is 12.2. The van der Waals surface area contributed by atoms with Gasteiger partial charge in [0.25, 0.3) is 5.91 Å². The quantitative estimate of drug-likeness (QED) is 0.381. The summed E-state index contributed by atoms with van der Waals surface area (Å²) >= 11 is 1.59. The first-order chi connectivity index (χ1) is 17.0. The van der Waals surface area contributed by atoms with Crippen LogP contribution in [0.2, 0.25) is 0 Å². The molecule has 2 aromatic carbocycles. The van der Waals surface area contributed by atoms with E-state index in [0.717, 1.165) is 33.9 Å². The largest absolute Gasteiger partial charge is 0.488 e. The van der Waals surface area contributed by atoms with Crippen molar-refractivity contribution in [2.45, 2.75) is 25.5 Å². The van der Waals surface area contributed by atoms with Crippen molar-refractivity contribution in [3.63, 3.8) is 0 Å². The zero-order valence-corrected chi connectivity index (χ0v) is 19.5. The standard InChI is InChI=1S/C26H22N4O4S/c27-24-17-4-3-16(8-14(17)5-6-28-24)29-25(31)19-9-18-20-13-35-12-15(20)11-34-23(18)10-22(19)30-7-1-2-21(30)26(32)33/h3-6,8-10,12-13,21H,1-2,7,11H2,(H2,27,28)(H,29,31)(H,32,33)/t21-/m1/s1. The molecule has 1 atom stereocenters. The van der Waals surface area contributed by atoms with Gasteiger partial charge in [-0.15, -0.1) is 0 Å². The first-order valence-electron chi connectivity index (χ1n) is 11.3. The lowest BCUT2D eigenvalue weighted by molar-refractivity contribution is -0.138. The Morgan fingerprint density at radius 3 is 2.91 bits per heavy atom. The van der Waals surface area contributed by atoms with E-state index in [1.54, 1.807) is 28.5 Å². The fourth-order valence-corrected chi connectivity index (χ4v) is 5.78. The van der Waals surface area contributed by atoms with Crippen molar-refractivity contribution >= 4 is 51.2 Å². The van der Waals surface area contributed by atoms with Crippen molar-refractivity contribution in [3.8, 4) is 16.9 Å². The topological polar surface area (TPSA) is 118 Å². The van der Waals surface area contributed by atoms with Crippen molar-refractivity contribution < 1.29 is 19.4 Å². The lowest BCUT2D eigenvalue weighted by Crippen LogP contribution is -2.37. The van der Waals surface area contributed by atoms with E-state index < -0.39 is 12.0 Å². The van der Waals surface area contributed by atoms with Crippen LogP contribution >= 0.6 is 11.3 Å². The number of nitrogens with zero attached hydrogens (tertiary/aromatic N) is 2. The molecule has 4 heterocycles. The Bertz CT molecular complexity index is 1500. The van der Waals surface area contributed by atoms with Gasteiger partial charge in [-0.3, -0.25) is 4.79 Å². The molecule has 0 radical (unpaired) electrons. The molecule has 8 nitrogen and oxygen atoms in total. The number of hydrogen-bond donors (Lipinski definition) is 3. The number of rotatable bonds is 4. The third-order valence-corrected chi connectivity index (χ3v) is 7.45. The molecule has 0 spiro atoms. The highest BCUT2D eigenvalue weighted by atomic mass is 32.1. The van der Waals surface area contributed by atoms with E-state index >= 15 is 0 Å². The van der Waals surface area contributed by atoms with E-state index in [1.807, 2.05) is 35.7 Å². The molecular formula is C26H22N4O4S. The second kappa shape index (κ2) is 8.28. The van der Waals surface area contributed by atoms with Crippen molar-refractivity contribution in [3.05, 3.63) is 64.5 Å². The molecule has 4 aromatic rings. The number of amides is 1. The Kier molecular flexibility index (Phi) is 5.07. The summed E-state index contributed by atoms with van der Waals surface area (Å²) in [5, 5.41) is 18.5. The Morgan fingerprint density at radius 2 is 2.06 bits per heavy atom. The van der Waals surface area contributed by atoms with E-state index in [1.165, 1.54) is 0 Å². The van der Waals surface area contributed by atoms with E-state index in [-0.39, 0.29) is 5.91 Å². The summed E-state index contributed by atoms with van der Waals surface area (Å²) in [5.41, 5.74) is 10.5. The highest BCUT2D eigenvalue weighted by molar-refractivity contribution is 7.08. The number of fused-ring (bicyclic) bond motifs is 4. The summed E-state index contributed by atoms with van der Waals surface area (Å²) in [6.07, 6.45) is 2.90. The summed E-state index contributed by atoms with van der Waals surface area (Å²) in [6, 6.07) is 10.3. The molecule has 0 bridgehead atoms. The number of benzene rings is 2. The van der Waals surface area contributed by atoms with Gasteiger partial charge in [-0.25, -0.2) is 9.78 Å². The highest BCUT2D eigenvalue weighted by Gasteiger charge is 2.34. The number of pyridine rings is 1. The second-order valence-corrected chi connectivity index (χ2v) is 9.48. The fraction of sp³-hybridized carbons (Fsp3) is 0.192. The van der Waals surface area contributed by atoms with E-state index in [2.05, 4.69) is 15.7 Å². The van der Waals surface area contributed by atoms with Crippen LogP contribution in [0.3, 0.4) is 0 Å². The lowest BCUT2D eigenvalue weighted by Gasteiger charge is -2.28. The highest BCUT2D eigenvalue weighted by Crippen LogP contribution is 2.44. The number of nitrogens with one attached hydrogen (secondary N) is 1. The molecule has 0 saturated carbocycles. The van der Waals surface area contributed by atoms with E-state index in [0.29, 0.717) is 48.1 Å². The van der Waals surface area contributed by atoms with Crippen molar-refractivity contribution in [2.24, 2.45) is 0 Å². The molecule has 6 rings (SSSR count). The zero-order valence-electron chi connectivity index (χ0n) is 18.7. The van der Waals surface area contributed by atoms with Crippen LogP contribution in [0.25, 0.3) is 21.9 Å². The summed E-state index contributed by atoms with van der Waals surface area (Å²) in [7, 11) is 0. The number of hydrogen-bond acceptors (Lipinski definition) is 7. The normalized spacial score (nSPS) is 16.5. The summed E-state index contributed by atoms with van der Waals surface area (Å²) in [6.45, 7) is 1.01. The molecule has 2 aliphatic rings. The number of aliphatic carboxylic acids is 1. The smallest absolute Gasteiger partial charge is 0.326 e. The molecule has 2 aromatic heterocycles. The number of aromatic nitrogens is 1. The number of carbonyl (C=O) groups excluding carboxylic acids is 1. The minimum absolute atomic E-state index is 0.317. The number of ether oxygens (including phenoxy) is 1. The summed E-state index contributed by atoms with van der Waals surface area (Å²) < 4.78 is 6.00. The Balaban J connectivity index is 1.44. The number of carboxylic acid groups (broad SMARTS) is 1. The number of nitrogens with two attached hydrogens (primary N) is 1. The molecule has 0 aliphatic carbocycles. The second-order valence-electron chi connectivity index (χ2n) is 8.74. The monoisotopic (exact) mass is 486 g/mol. The van der Waals surface area contributed by atoms with Crippen LogP contribution in [0, 0.1) is 0 Å². The van der Waals surface area contributed by atoms with Crippen molar-refractivity contribution in [1.82, 2.24) is 4.98 Å². The van der Waals surface area contributed by atoms with Gasteiger partial charge < -0.3 is 25.8 Å². The third-order valence-electron chi connectivity index (χ3n) is 6.66. The van der Waals surface area contributed by atoms with Crippen LogP contribution in [0.5, 0.6) is 5.75 Å². The van der Waals surface area contributed by atoms with Crippen LogP contribution in [-0.4, -0.2) is 34.6 Å². The maximum absolute atomic E-state index is 13.6. The molecule has 1 amide bonds. The van der Waals surface area contributed by atoms with Crippen LogP contribution in [-0.2, 0) is 11.4 Å². The SMILES string of the molecule is Nc1nccc2cc(NC(=O)c3cc4c(cc3N3CCC[C@@H]3C(=O)O)OCc3cscc3-4)ccc12. The predicted molar refractivity (Wildman–Crippen MR) is 136 cm³/mol. The Labute approximate surface area is 205 Å². The van der Waals surface area contributed by atoms with Gasteiger partial charge in [0.2, 0.25) is 0 Å². The average molecular weight is 487 g/mol. The van der Waals surface area contributed by atoms with E-state index in [4.69, 9.17) is 10.5 Å². The van der Waals surface area contributed by atoms with Gasteiger partial charge in [0.05, 0.1) is 11.3 Å². The molecule has 0 unspecified atom stereocenters. The average Bonchev–Trinajstić information content (AvgIpc) is 3.53. The molecule has 2 aliphatic heterocycles. The molecule has 1 saturated heterocycles. The fourth-order valence-electron chi connectivity index (χ4n) is 4.93. The van der Waals surface area contributed by atoms with Gasteiger partial charge in [0.15, 0.2) is 0 Å². The lowest BCUT2D eigenvalue weighted by atomic mass is 9.97. The number of carboxylic acids is 1. The van der Waals surface area contributed by atoms with Gasteiger partial charge in [-0.05, 0) is 59.3 Å². The molecule has 35 heavy (non-hydrogen) atoms. The molecular weight excluding hydrogens is 464 g/mol. The number of anilines is 3. The first kappa shape index (κ1) is 21.4. The predicted octanol–water partition coefficient (Wildman–Crippen LogP) is 4.74. The summed E-state index contributed by atoms with van der Waals surface area (Å²) in [5.74, 6) is -0.124. The minimum Gasteiger partial charge on any atom is -0.488 e. The Morgan fingerprint density at radius 1 is 1.17 bits per heavy atom. The van der Waals surface area contributed by atoms with Crippen LogP contribution < -0.4 is 20.7 Å². The molecule has 176 valence electrons.